The van der Waals surface area contributed by atoms with Gasteiger partial charge in [0.15, 0.2) is 0 Å². The van der Waals surface area contributed by atoms with Crippen LogP contribution >= 0.6 is 11.8 Å². The third-order valence-corrected chi connectivity index (χ3v) is 3.82. The summed E-state index contributed by atoms with van der Waals surface area (Å²) < 4.78 is 0. The van der Waals surface area contributed by atoms with Gasteiger partial charge in [-0.05, 0) is 11.6 Å². The number of para-hydroxylation sites is 1. The van der Waals surface area contributed by atoms with Crippen LogP contribution in [0.2, 0.25) is 0 Å². The van der Waals surface area contributed by atoms with Gasteiger partial charge in [0.1, 0.15) is 5.82 Å². The van der Waals surface area contributed by atoms with Gasteiger partial charge < -0.3 is 0 Å². The molecular formula is C14H14N4S. The van der Waals surface area contributed by atoms with Gasteiger partial charge >= 0.3 is 0 Å². The fraction of sp³-hybridized carbons (Fsp3) is 0.214. The Morgan fingerprint density at radius 2 is 2.11 bits per heavy atom. The Balaban J connectivity index is 1.81. The van der Waals surface area contributed by atoms with Gasteiger partial charge in [0, 0.05) is 23.8 Å². The van der Waals surface area contributed by atoms with Gasteiger partial charge in [-0.3, -0.25) is 10.1 Å². The zero-order valence-corrected chi connectivity index (χ0v) is 11.4. The number of fused-ring (bicyclic) bond motifs is 1. The van der Waals surface area contributed by atoms with Gasteiger partial charge in [-0.2, -0.15) is 0 Å². The zero-order valence-electron chi connectivity index (χ0n) is 10.6. The number of aryl methyl sites for hydroxylation is 1. The van der Waals surface area contributed by atoms with Crippen molar-refractivity contribution in [3.63, 3.8) is 0 Å². The van der Waals surface area contributed by atoms with Crippen LogP contribution in [0.15, 0.2) is 41.7 Å². The lowest BCUT2D eigenvalue weighted by Gasteiger charge is -2.03. The highest BCUT2D eigenvalue weighted by Gasteiger charge is 2.06. The molecule has 3 rings (SSSR count). The normalized spacial score (nSPS) is 11.0. The number of pyridine rings is 1. The third-order valence-electron chi connectivity index (χ3n) is 2.92. The molecule has 19 heavy (non-hydrogen) atoms. The average molecular weight is 270 g/mol. The minimum absolute atomic E-state index is 0.796. The number of rotatable bonds is 4. The first-order valence-corrected chi connectivity index (χ1v) is 7.22. The first-order chi connectivity index (χ1) is 9.36. The summed E-state index contributed by atoms with van der Waals surface area (Å²) in [5, 5.41) is 9.09. The van der Waals surface area contributed by atoms with Crippen LogP contribution in [0.25, 0.3) is 10.9 Å². The van der Waals surface area contributed by atoms with Gasteiger partial charge in [0.05, 0.1) is 5.52 Å². The molecule has 0 saturated carbocycles. The van der Waals surface area contributed by atoms with Crippen molar-refractivity contribution in [2.24, 2.45) is 0 Å². The Kier molecular flexibility index (Phi) is 3.46. The molecule has 2 aromatic heterocycles. The maximum absolute atomic E-state index is 4.45. The molecule has 1 N–H and O–H groups in total. The first-order valence-electron chi connectivity index (χ1n) is 6.23. The Labute approximate surface area is 115 Å². The van der Waals surface area contributed by atoms with E-state index in [-0.39, 0.29) is 0 Å². The molecule has 96 valence electrons. The SMILES string of the molecule is CCc1nc(SCc2cccc3cccnc23)n[nH]1. The summed E-state index contributed by atoms with van der Waals surface area (Å²) in [5.74, 6) is 1.76. The summed E-state index contributed by atoms with van der Waals surface area (Å²) in [6.07, 6.45) is 2.71. The Morgan fingerprint density at radius 3 is 2.95 bits per heavy atom. The molecule has 0 amide bonds. The van der Waals surface area contributed by atoms with E-state index >= 15 is 0 Å². The highest BCUT2D eigenvalue weighted by Crippen LogP contribution is 2.24. The van der Waals surface area contributed by atoms with Crippen LogP contribution in [0.5, 0.6) is 0 Å². The van der Waals surface area contributed by atoms with Crippen LogP contribution in [0.1, 0.15) is 18.3 Å². The van der Waals surface area contributed by atoms with Crippen molar-refractivity contribution in [1.82, 2.24) is 20.2 Å². The molecule has 0 saturated heterocycles. The molecule has 0 unspecified atom stereocenters. The molecule has 5 heteroatoms. The second-order valence-electron chi connectivity index (χ2n) is 4.20. The van der Waals surface area contributed by atoms with Gasteiger partial charge in [0.2, 0.25) is 5.16 Å². The molecule has 0 radical (unpaired) electrons. The second kappa shape index (κ2) is 5.40. The maximum Gasteiger partial charge on any atom is 0.208 e. The third kappa shape index (κ3) is 2.61. The monoisotopic (exact) mass is 270 g/mol. The zero-order chi connectivity index (χ0) is 13.1. The standard InChI is InChI=1S/C14H14N4S/c1-2-12-16-14(18-17-12)19-9-11-6-3-5-10-7-4-8-15-13(10)11/h3-8H,2,9H2,1H3,(H,16,17,18). The lowest BCUT2D eigenvalue weighted by Crippen LogP contribution is -1.87. The van der Waals surface area contributed by atoms with Gasteiger partial charge in [-0.15, -0.1) is 5.10 Å². The topological polar surface area (TPSA) is 54.5 Å². The smallest absolute Gasteiger partial charge is 0.208 e. The number of aromatic amines is 1. The highest BCUT2D eigenvalue weighted by atomic mass is 32.2. The number of benzene rings is 1. The summed E-state index contributed by atoms with van der Waals surface area (Å²) in [5.41, 5.74) is 2.27. The van der Waals surface area contributed by atoms with E-state index in [9.17, 15) is 0 Å². The van der Waals surface area contributed by atoms with Gasteiger partial charge in [0.25, 0.3) is 0 Å². The van der Waals surface area contributed by atoms with E-state index in [1.165, 1.54) is 10.9 Å². The number of thioether (sulfide) groups is 1. The minimum atomic E-state index is 0.796. The van der Waals surface area contributed by atoms with E-state index in [1.807, 2.05) is 12.3 Å². The van der Waals surface area contributed by atoms with Crippen molar-refractivity contribution in [1.29, 1.82) is 0 Å². The van der Waals surface area contributed by atoms with E-state index < -0.39 is 0 Å². The van der Waals surface area contributed by atoms with Crippen molar-refractivity contribution in [3.05, 3.63) is 47.9 Å². The van der Waals surface area contributed by atoms with Crippen molar-refractivity contribution < 1.29 is 0 Å². The molecule has 0 aliphatic heterocycles. The van der Waals surface area contributed by atoms with Crippen molar-refractivity contribution in [3.8, 4) is 0 Å². The van der Waals surface area contributed by atoms with Crippen LogP contribution in [0, 0.1) is 0 Å². The lowest BCUT2D eigenvalue weighted by molar-refractivity contribution is 0.941. The summed E-state index contributed by atoms with van der Waals surface area (Å²) in [6, 6.07) is 10.3. The predicted molar refractivity (Wildman–Crippen MR) is 77.1 cm³/mol. The Morgan fingerprint density at radius 1 is 1.21 bits per heavy atom. The molecule has 2 heterocycles. The summed E-state index contributed by atoms with van der Waals surface area (Å²) in [4.78, 5) is 8.85. The molecule has 0 aliphatic rings. The van der Waals surface area contributed by atoms with E-state index in [4.69, 9.17) is 0 Å². The van der Waals surface area contributed by atoms with Crippen LogP contribution < -0.4 is 0 Å². The molecule has 0 spiro atoms. The number of hydrogen-bond acceptors (Lipinski definition) is 4. The fourth-order valence-electron chi connectivity index (χ4n) is 1.93. The number of nitrogens with zero attached hydrogens (tertiary/aromatic N) is 3. The van der Waals surface area contributed by atoms with Crippen molar-refractivity contribution in [2.75, 3.05) is 0 Å². The Bertz CT molecular complexity index is 687. The van der Waals surface area contributed by atoms with Crippen LogP contribution in [0.3, 0.4) is 0 Å². The van der Waals surface area contributed by atoms with Crippen LogP contribution in [-0.2, 0) is 12.2 Å². The number of H-pyrrole nitrogens is 1. The first kappa shape index (κ1) is 12.2. The number of aromatic nitrogens is 4. The molecule has 1 aromatic carbocycles. The lowest BCUT2D eigenvalue weighted by atomic mass is 10.1. The van der Waals surface area contributed by atoms with E-state index in [2.05, 4.69) is 51.4 Å². The molecule has 0 fully saturated rings. The number of hydrogen-bond donors (Lipinski definition) is 1. The predicted octanol–water partition coefficient (Wildman–Crippen LogP) is 3.21. The minimum Gasteiger partial charge on any atom is -0.262 e. The average Bonchev–Trinajstić information content (AvgIpc) is 2.93. The molecule has 0 bridgehead atoms. The quantitative estimate of drug-likeness (QED) is 0.740. The van der Waals surface area contributed by atoms with Gasteiger partial charge in [-0.25, -0.2) is 4.98 Å². The van der Waals surface area contributed by atoms with Crippen LogP contribution in [0.4, 0.5) is 0 Å². The van der Waals surface area contributed by atoms with Gasteiger partial charge in [-0.1, -0.05) is 43.0 Å². The van der Waals surface area contributed by atoms with Crippen LogP contribution in [-0.4, -0.2) is 20.2 Å². The molecule has 0 atom stereocenters. The number of nitrogens with one attached hydrogen (secondary N) is 1. The second-order valence-corrected chi connectivity index (χ2v) is 5.14. The highest BCUT2D eigenvalue weighted by molar-refractivity contribution is 7.98. The fourth-order valence-corrected chi connectivity index (χ4v) is 2.73. The molecule has 4 nitrogen and oxygen atoms in total. The molecule has 0 aliphatic carbocycles. The van der Waals surface area contributed by atoms with E-state index in [0.29, 0.717) is 0 Å². The molecular weight excluding hydrogens is 256 g/mol. The largest absolute Gasteiger partial charge is 0.262 e. The van der Waals surface area contributed by atoms with Crippen molar-refractivity contribution >= 4 is 22.7 Å². The summed E-state index contributed by atoms with van der Waals surface area (Å²) in [7, 11) is 0. The molecule has 3 aromatic rings. The van der Waals surface area contributed by atoms with Crippen molar-refractivity contribution in [2.45, 2.75) is 24.3 Å². The van der Waals surface area contributed by atoms with E-state index in [0.717, 1.165) is 28.7 Å². The van der Waals surface area contributed by atoms with E-state index in [1.54, 1.807) is 11.8 Å². The Hall–Kier alpha value is -1.88. The summed E-state index contributed by atoms with van der Waals surface area (Å²) >= 11 is 1.63. The summed E-state index contributed by atoms with van der Waals surface area (Å²) in [6.45, 7) is 2.06. The maximum atomic E-state index is 4.45.